The summed E-state index contributed by atoms with van der Waals surface area (Å²) in [7, 11) is 0. The number of fused-ring (bicyclic) bond motifs is 3. The summed E-state index contributed by atoms with van der Waals surface area (Å²) in [6, 6.07) is 9.50. The molecule has 0 radical (unpaired) electrons. The summed E-state index contributed by atoms with van der Waals surface area (Å²) in [6.07, 6.45) is 0. The van der Waals surface area contributed by atoms with Gasteiger partial charge in [-0.15, -0.1) is 0 Å². The van der Waals surface area contributed by atoms with Crippen LogP contribution >= 0.6 is 0 Å². The topological polar surface area (TPSA) is 15.8 Å². The van der Waals surface area contributed by atoms with Gasteiger partial charge in [0.2, 0.25) is 0 Å². The first kappa shape index (κ1) is 8.41. The van der Waals surface area contributed by atoms with E-state index in [0.717, 1.165) is 0 Å². The molecule has 1 aromatic heterocycles. The third kappa shape index (κ3) is 1.06. The zero-order valence-electron chi connectivity index (χ0n) is 7.72. The van der Waals surface area contributed by atoms with Gasteiger partial charge in [-0.2, -0.15) is 0 Å². The van der Waals surface area contributed by atoms with Crippen molar-refractivity contribution in [1.82, 2.24) is 4.98 Å². The summed E-state index contributed by atoms with van der Waals surface area (Å²) in [5.74, 6) is -0.716. The van der Waals surface area contributed by atoms with Gasteiger partial charge in [0.25, 0.3) is 0 Å². The fourth-order valence-electron chi connectivity index (χ4n) is 1.88. The fraction of sp³-hybridized carbons (Fsp3) is 0. The number of hydrogen-bond donors (Lipinski definition) is 1. The molecule has 0 aliphatic carbocycles. The molecular weight excluding hydrogens is 196 g/mol. The van der Waals surface area contributed by atoms with E-state index in [1.165, 1.54) is 12.1 Å². The van der Waals surface area contributed by atoms with E-state index < -0.39 is 0 Å². The maximum absolute atomic E-state index is 13.4. The van der Waals surface area contributed by atoms with E-state index in [1.807, 2.05) is 0 Å². The molecule has 1 heterocycles. The van der Waals surface area contributed by atoms with Gasteiger partial charge >= 0.3 is 0 Å². The molecule has 0 spiro atoms. The summed E-state index contributed by atoms with van der Waals surface area (Å²) < 4.78 is 26.8. The van der Waals surface area contributed by atoms with Gasteiger partial charge in [0.05, 0.1) is 11.0 Å². The molecule has 3 rings (SSSR count). The van der Waals surface area contributed by atoms with Gasteiger partial charge in [0.15, 0.2) is 0 Å². The molecule has 0 aliphatic rings. The van der Waals surface area contributed by atoms with Crippen LogP contribution in [0.3, 0.4) is 0 Å². The van der Waals surface area contributed by atoms with Gasteiger partial charge in [-0.1, -0.05) is 24.3 Å². The summed E-state index contributed by atoms with van der Waals surface area (Å²) >= 11 is 0. The van der Waals surface area contributed by atoms with Crippen LogP contribution in [0.1, 0.15) is 0 Å². The molecular formula is C12H7F2N. The van der Waals surface area contributed by atoms with Gasteiger partial charge in [0, 0.05) is 10.8 Å². The average Bonchev–Trinajstić information content (AvgIpc) is 2.60. The summed E-state index contributed by atoms with van der Waals surface area (Å²) in [6.45, 7) is 0. The van der Waals surface area contributed by atoms with E-state index in [0.29, 0.717) is 21.8 Å². The molecule has 3 heteroatoms. The Hall–Kier alpha value is -1.90. The van der Waals surface area contributed by atoms with Crippen LogP contribution in [-0.4, -0.2) is 4.98 Å². The number of H-pyrrole nitrogens is 1. The molecule has 74 valence electrons. The highest BCUT2D eigenvalue weighted by molar-refractivity contribution is 6.07. The van der Waals surface area contributed by atoms with Crippen molar-refractivity contribution in [3.8, 4) is 0 Å². The van der Waals surface area contributed by atoms with Crippen molar-refractivity contribution >= 4 is 21.8 Å². The molecule has 3 aromatic rings. The Labute approximate surface area is 84.3 Å². The van der Waals surface area contributed by atoms with Crippen LogP contribution in [0.2, 0.25) is 0 Å². The highest BCUT2D eigenvalue weighted by atomic mass is 19.1. The first-order valence-electron chi connectivity index (χ1n) is 4.62. The van der Waals surface area contributed by atoms with E-state index in [2.05, 4.69) is 4.98 Å². The monoisotopic (exact) mass is 203 g/mol. The van der Waals surface area contributed by atoms with Gasteiger partial charge in [0.1, 0.15) is 11.6 Å². The van der Waals surface area contributed by atoms with Gasteiger partial charge in [-0.05, 0) is 12.1 Å². The number of hydrogen-bond acceptors (Lipinski definition) is 0. The maximum Gasteiger partial charge on any atom is 0.147 e. The lowest BCUT2D eigenvalue weighted by Gasteiger charge is -1.91. The number of aromatic nitrogens is 1. The minimum absolute atomic E-state index is 0.358. The molecule has 0 atom stereocenters. The van der Waals surface area contributed by atoms with Crippen LogP contribution in [0.15, 0.2) is 36.4 Å². The van der Waals surface area contributed by atoms with Gasteiger partial charge in [-0.25, -0.2) is 8.78 Å². The molecule has 1 N–H and O–H groups in total. The Balaban J connectivity index is 2.63. The van der Waals surface area contributed by atoms with Crippen molar-refractivity contribution in [2.75, 3.05) is 0 Å². The van der Waals surface area contributed by atoms with Crippen LogP contribution in [-0.2, 0) is 0 Å². The predicted molar refractivity (Wildman–Crippen MR) is 55.7 cm³/mol. The lowest BCUT2D eigenvalue weighted by molar-refractivity contribution is 0.633. The Morgan fingerprint density at radius 1 is 0.733 bits per heavy atom. The van der Waals surface area contributed by atoms with Gasteiger partial charge < -0.3 is 4.98 Å². The first-order chi connectivity index (χ1) is 7.27. The maximum atomic E-state index is 13.4. The SMILES string of the molecule is Fc1cccc2c1[nH]c1c(F)cccc12. The van der Waals surface area contributed by atoms with Crippen LogP contribution in [0.5, 0.6) is 0 Å². The van der Waals surface area contributed by atoms with Crippen molar-refractivity contribution in [2.24, 2.45) is 0 Å². The van der Waals surface area contributed by atoms with Gasteiger partial charge in [-0.3, -0.25) is 0 Å². The van der Waals surface area contributed by atoms with E-state index in [-0.39, 0.29) is 11.6 Å². The van der Waals surface area contributed by atoms with Crippen molar-refractivity contribution in [3.63, 3.8) is 0 Å². The standard InChI is InChI=1S/C12H7F2N/c13-9-5-1-3-7-8-4-2-6-10(14)12(8)15-11(7)9/h1-6,15H. The highest BCUT2D eigenvalue weighted by Gasteiger charge is 2.09. The van der Waals surface area contributed by atoms with E-state index in [4.69, 9.17) is 0 Å². The second-order valence-corrected chi connectivity index (χ2v) is 3.45. The van der Waals surface area contributed by atoms with Crippen LogP contribution in [0.25, 0.3) is 21.8 Å². The number of aromatic amines is 1. The number of benzene rings is 2. The lowest BCUT2D eigenvalue weighted by atomic mass is 10.1. The Morgan fingerprint density at radius 2 is 1.20 bits per heavy atom. The number of halogens is 2. The molecule has 0 saturated carbocycles. The minimum atomic E-state index is -0.358. The molecule has 0 unspecified atom stereocenters. The van der Waals surface area contributed by atoms with E-state index >= 15 is 0 Å². The predicted octanol–water partition coefficient (Wildman–Crippen LogP) is 3.60. The Bertz CT molecular complexity index is 599. The van der Waals surface area contributed by atoms with Crippen LogP contribution in [0, 0.1) is 11.6 Å². The average molecular weight is 203 g/mol. The molecule has 2 aromatic carbocycles. The zero-order chi connectivity index (χ0) is 10.4. The second kappa shape index (κ2) is 2.79. The second-order valence-electron chi connectivity index (χ2n) is 3.45. The molecule has 15 heavy (non-hydrogen) atoms. The molecule has 1 nitrogen and oxygen atoms in total. The fourth-order valence-corrected chi connectivity index (χ4v) is 1.88. The Morgan fingerprint density at radius 3 is 1.67 bits per heavy atom. The molecule has 0 amide bonds. The number of para-hydroxylation sites is 2. The van der Waals surface area contributed by atoms with Crippen molar-refractivity contribution in [3.05, 3.63) is 48.0 Å². The highest BCUT2D eigenvalue weighted by Crippen LogP contribution is 2.28. The van der Waals surface area contributed by atoms with Crippen molar-refractivity contribution < 1.29 is 8.78 Å². The number of rotatable bonds is 0. The first-order valence-corrected chi connectivity index (χ1v) is 4.62. The van der Waals surface area contributed by atoms with Crippen molar-refractivity contribution in [1.29, 1.82) is 0 Å². The van der Waals surface area contributed by atoms with Crippen molar-refractivity contribution in [2.45, 2.75) is 0 Å². The van der Waals surface area contributed by atoms with E-state index in [9.17, 15) is 8.78 Å². The summed E-state index contributed by atoms with van der Waals surface area (Å²) in [5.41, 5.74) is 0.718. The molecule has 0 bridgehead atoms. The quantitative estimate of drug-likeness (QED) is 0.574. The smallest absolute Gasteiger partial charge is 0.147 e. The lowest BCUT2D eigenvalue weighted by Crippen LogP contribution is -1.76. The summed E-state index contributed by atoms with van der Waals surface area (Å²) in [4.78, 5) is 2.76. The zero-order valence-corrected chi connectivity index (χ0v) is 7.72. The van der Waals surface area contributed by atoms with Crippen LogP contribution < -0.4 is 0 Å². The summed E-state index contributed by atoms with van der Waals surface area (Å²) in [5, 5.41) is 1.43. The third-order valence-electron chi connectivity index (χ3n) is 2.57. The third-order valence-corrected chi connectivity index (χ3v) is 2.57. The molecule has 0 fully saturated rings. The van der Waals surface area contributed by atoms with Crippen LogP contribution in [0.4, 0.5) is 8.78 Å². The number of nitrogens with one attached hydrogen (secondary N) is 1. The molecule has 0 saturated heterocycles. The minimum Gasteiger partial charge on any atom is -0.350 e. The molecule has 0 aliphatic heterocycles. The largest absolute Gasteiger partial charge is 0.350 e. The Kier molecular flexibility index (Phi) is 1.57. The normalized spacial score (nSPS) is 11.3. The van der Waals surface area contributed by atoms with E-state index in [1.54, 1.807) is 24.3 Å².